The van der Waals surface area contributed by atoms with Crippen LogP contribution in [0.3, 0.4) is 0 Å². The summed E-state index contributed by atoms with van der Waals surface area (Å²) < 4.78 is 6.87. The maximum atomic E-state index is 5.77. The first-order valence-electron chi connectivity index (χ1n) is 6.03. The van der Waals surface area contributed by atoms with Crippen LogP contribution >= 0.6 is 22.6 Å². The molecule has 1 nitrogen and oxygen atoms in total. The molecule has 0 aliphatic carbocycles. The standard InChI is InChI=1S/C15H15IO/c16-9-15-8-14(10-17-15)13-6-5-11-3-1-2-4-12(11)7-13/h1-7,14-15H,8-10H2. The molecular weight excluding hydrogens is 323 g/mol. The fraction of sp³-hybridized carbons (Fsp3) is 0.333. The van der Waals surface area contributed by atoms with E-state index in [-0.39, 0.29) is 0 Å². The summed E-state index contributed by atoms with van der Waals surface area (Å²) in [6.07, 6.45) is 1.62. The number of hydrogen-bond donors (Lipinski definition) is 0. The van der Waals surface area contributed by atoms with Gasteiger partial charge in [0.15, 0.2) is 0 Å². The van der Waals surface area contributed by atoms with Gasteiger partial charge in [-0.05, 0) is 22.8 Å². The SMILES string of the molecule is ICC1CC(c2ccc3ccccc3c2)CO1. The van der Waals surface area contributed by atoms with Crippen molar-refractivity contribution in [2.24, 2.45) is 0 Å². The second-order valence-corrected chi connectivity index (χ2v) is 5.53. The molecule has 3 rings (SSSR count). The van der Waals surface area contributed by atoms with Crippen LogP contribution in [0.2, 0.25) is 0 Å². The summed E-state index contributed by atoms with van der Waals surface area (Å²) in [5.74, 6) is 0.583. The third kappa shape index (κ3) is 2.33. The first-order chi connectivity index (χ1) is 8.36. The fourth-order valence-electron chi connectivity index (χ4n) is 2.51. The Balaban J connectivity index is 1.91. The van der Waals surface area contributed by atoms with Crippen LogP contribution in [0.4, 0.5) is 0 Å². The predicted molar refractivity (Wildman–Crippen MR) is 79.9 cm³/mol. The molecule has 2 unspecified atom stereocenters. The molecule has 2 aromatic rings. The van der Waals surface area contributed by atoms with Crippen molar-refractivity contribution in [3.8, 4) is 0 Å². The molecule has 0 radical (unpaired) electrons. The summed E-state index contributed by atoms with van der Waals surface area (Å²) in [6, 6.07) is 15.3. The molecule has 88 valence electrons. The highest BCUT2D eigenvalue weighted by molar-refractivity contribution is 14.1. The molecule has 0 aromatic heterocycles. The van der Waals surface area contributed by atoms with Gasteiger partial charge in [0.25, 0.3) is 0 Å². The highest BCUT2D eigenvalue weighted by Gasteiger charge is 2.25. The number of fused-ring (bicyclic) bond motifs is 1. The van der Waals surface area contributed by atoms with Crippen LogP contribution in [0.25, 0.3) is 10.8 Å². The van der Waals surface area contributed by atoms with Gasteiger partial charge in [-0.3, -0.25) is 0 Å². The summed E-state index contributed by atoms with van der Waals surface area (Å²) in [5, 5.41) is 2.66. The lowest BCUT2D eigenvalue weighted by atomic mass is 9.94. The van der Waals surface area contributed by atoms with Gasteiger partial charge >= 0.3 is 0 Å². The molecule has 2 atom stereocenters. The second-order valence-electron chi connectivity index (χ2n) is 4.65. The molecular formula is C15H15IO. The Morgan fingerprint density at radius 3 is 2.71 bits per heavy atom. The Hall–Kier alpha value is -0.610. The minimum atomic E-state index is 0.451. The van der Waals surface area contributed by atoms with Gasteiger partial charge in [-0.1, -0.05) is 65.1 Å². The topological polar surface area (TPSA) is 9.23 Å². The molecule has 1 fully saturated rings. The van der Waals surface area contributed by atoms with Crippen molar-refractivity contribution < 1.29 is 4.74 Å². The molecule has 0 bridgehead atoms. The monoisotopic (exact) mass is 338 g/mol. The third-order valence-corrected chi connectivity index (χ3v) is 4.48. The molecule has 0 amide bonds. The summed E-state index contributed by atoms with van der Waals surface area (Å²) in [6.45, 7) is 0.881. The minimum Gasteiger partial charge on any atom is -0.377 e. The Morgan fingerprint density at radius 2 is 1.94 bits per heavy atom. The molecule has 17 heavy (non-hydrogen) atoms. The Labute approximate surface area is 115 Å². The van der Waals surface area contributed by atoms with Crippen LogP contribution in [-0.2, 0) is 4.74 Å². The smallest absolute Gasteiger partial charge is 0.0671 e. The van der Waals surface area contributed by atoms with E-state index in [4.69, 9.17) is 4.74 Å². The molecule has 1 saturated heterocycles. The van der Waals surface area contributed by atoms with Crippen LogP contribution in [0.5, 0.6) is 0 Å². The van der Waals surface area contributed by atoms with Crippen molar-refractivity contribution in [2.75, 3.05) is 11.0 Å². The first kappa shape index (κ1) is 11.5. The van der Waals surface area contributed by atoms with Gasteiger partial charge in [0.2, 0.25) is 0 Å². The lowest BCUT2D eigenvalue weighted by Gasteiger charge is -2.09. The van der Waals surface area contributed by atoms with Gasteiger partial charge in [0.1, 0.15) is 0 Å². The van der Waals surface area contributed by atoms with E-state index in [0.29, 0.717) is 12.0 Å². The Bertz CT molecular complexity index is 523. The van der Waals surface area contributed by atoms with Gasteiger partial charge in [-0.25, -0.2) is 0 Å². The number of alkyl halides is 1. The first-order valence-corrected chi connectivity index (χ1v) is 7.55. The molecule has 0 spiro atoms. The number of benzene rings is 2. The molecule has 1 heterocycles. The zero-order valence-corrected chi connectivity index (χ0v) is 11.8. The predicted octanol–water partition coefficient (Wildman–Crippen LogP) is 4.15. The third-order valence-electron chi connectivity index (χ3n) is 3.50. The van der Waals surface area contributed by atoms with Crippen molar-refractivity contribution in [3.05, 3.63) is 48.0 Å². The van der Waals surface area contributed by atoms with E-state index < -0.39 is 0 Å². The van der Waals surface area contributed by atoms with Crippen LogP contribution in [0.15, 0.2) is 42.5 Å². The molecule has 1 aliphatic rings. The van der Waals surface area contributed by atoms with Gasteiger partial charge < -0.3 is 4.74 Å². The van der Waals surface area contributed by atoms with Gasteiger partial charge in [0, 0.05) is 10.3 Å². The average molecular weight is 338 g/mol. The Kier molecular flexibility index (Phi) is 3.34. The summed E-state index contributed by atoms with van der Waals surface area (Å²) in [5.41, 5.74) is 1.43. The fourth-order valence-corrected chi connectivity index (χ4v) is 3.12. The van der Waals surface area contributed by atoms with E-state index in [1.54, 1.807) is 0 Å². The lowest BCUT2D eigenvalue weighted by molar-refractivity contribution is 0.129. The number of ether oxygens (including phenoxy) is 1. The van der Waals surface area contributed by atoms with E-state index in [9.17, 15) is 0 Å². The quantitative estimate of drug-likeness (QED) is 0.591. The van der Waals surface area contributed by atoms with Crippen molar-refractivity contribution in [1.82, 2.24) is 0 Å². The lowest BCUT2D eigenvalue weighted by Crippen LogP contribution is -2.05. The summed E-state index contributed by atoms with van der Waals surface area (Å²) in [7, 11) is 0. The highest BCUT2D eigenvalue weighted by Crippen LogP contribution is 2.31. The molecule has 1 aliphatic heterocycles. The number of rotatable bonds is 2. The number of halogens is 1. The van der Waals surface area contributed by atoms with Gasteiger partial charge in [-0.15, -0.1) is 0 Å². The van der Waals surface area contributed by atoms with Crippen LogP contribution in [0, 0.1) is 0 Å². The van der Waals surface area contributed by atoms with Crippen LogP contribution < -0.4 is 0 Å². The molecule has 2 aromatic carbocycles. The van der Waals surface area contributed by atoms with Crippen molar-refractivity contribution >= 4 is 33.4 Å². The normalized spacial score (nSPS) is 24.3. The van der Waals surface area contributed by atoms with E-state index in [2.05, 4.69) is 65.1 Å². The zero-order chi connectivity index (χ0) is 11.7. The highest BCUT2D eigenvalue weighted by atomic mass is 127. The van der Waals surface area contributed by atoms with Gasteiger partial charge in [0.05, 0.1) is 12.7 Å². The van der Waals surface area contributed by atoms with Crippen molar-refractivity contribution in [1.29, 1.82) is 0 Å². The van der Waals surface area contributed by atoms with Crippen LogP contribution in [-0.4, -0.2) is 17.1 Å². The van der Waals surface area contributed by atoms with Gasteiger partial charge in [-0.2, -0.15) is 0 Å². The van der Waals surface area contributed by atoms with Crippen molar-refractivity contribution in [2.45, 2.75) is 18.4 Å². The van der Waals surface area contributed by atoms with Crippen LogP contribution in [0.1, 0.15) is 17.9 Å². The minimum absolute atomic E-state index is 0.451. The Morgan fingerprint density at radius 1 is 1.12 bits per heavy atom. The van der Waals surface area contributed by atoms with Crippen molar-refractivity contribution in [3.63, 3.8) is 0 Å². The van der Waals surface area contributed by atoms with E-state index in [0.717, 1.165) is 11.0 Å². The molecule has 0 N–H and O–H groups in total. The average Bonchev–Trinajstić information content (AvgIpc) is 2.87. The largest absolute Gasteiger partial charge is 0.377 e. The van der Waals surface area contributed by atoms with E-state index in [1.165, 1.54) is 22.8 Å². The molecule has 0 saturated carbocycles. The summed E-state index contributed by atoms with van der Waals surface area (Å²) in [4.78, 5) is 0. The maximum absolute atomic E-state index is 5.77. The zero-order valence-electron chi connectivity index (χ0n) is 9.60. The maximum Gasteiger partial charge on any atom is 0.0671 e. The van der Waals surface area contributed by atoms with E-state index in [1.807, 2.05) is 0 Å². The molecule has 2 heteroatoms. The number of hydrogen-bond acceptors (Lipinski definition) is 1. The van der Waals surface area contributed by atoms with E-state index >= 15 is 0 Å². The second kappa shape index (κ2) is 4.94. The summed E-state index contributed by atoms with van der Waals surface area (Å²) >= 11 is 2.41.